The molecule has 0 bridgehead atoms. The maximum absolute atomic E-state index is 14.0. The van der Waals surface area contributed by atoms with E-state index in [-0.39, 0.29) is 23.2 Å². The molecule has 3 aromatic heterocycles. The number of amides is 1. The molecule has 1 amide bonds. The van der Waals surface area contributed by atoms with Crippen molar-refractivity contribution in [1.82, 2.24) is 24.3 Å². The van der Waals surface area contributed by atoms with E-state index in [9.17, 15) is 14.4 Å². The molecule has 0 spiro atoms. The summed E-state index contributed by atoms with van der Waals surface area (Å²) in [5, 5.41) is 4.93. The van der Waals surface area contributed by atoms with Crippen LogP contribution < -0.4 is 10.9 Å². The minimum atomic E-state index is -0.256. The Bertz CT molecular complexity index is 1820. The minimum Gasteiger partial charge on any atom is -0.371 e. The summed E-state index contributed by atoms with van der Waals surface area (Å²) < 4.78 is 3.90. The topological polar surface area (TPSA) is 92.1 Å². The number of hydrogen-bond donors (Lipinski definition) is 2. The van der Waals surface area contributed by atoms with Crippen molar-refractivity contribution in [2.45, 2.75) is 64.3 Å². The van der Waals surface area contributed by atoms with Crippen molar-refractivity contribution >= 4 is 33.5 Å². The summed E-state index contributed by atoms with van der Waals surface area (Å²) in [7, 11) is 3.77. The molecule has 3 aliphatic rings. The lowest BCUT2D eigenvalue weighted by molar-refractivity contribution is -0.123. The lowest BCUT2D eigenvalue weighted by Crippen LogP contribution is -2.44. The molecule has 0 radical (unpaired) electrons. The van der Waals surface area contributed by atoms with E-state index < -0.39 is 0 Å². The third kappa shape index (κ3) is 5.00. The fourth-order valence-electron chi connectivity index (χ4n) is 7.83. The third-order valence-electron chi connectivity index (χ3n) is 10.1. The van der Waals surface area contributed by atoms with Crippen LogP contribution in [-0.4, -0.2) is 50.8 Å². The zero-order valence-electron chi connectivity index (χ0n) is 25.2. The van der Waals surface area contributed by atoms with E-state index in [1.54, 1.807) is 17.8 Å². The SMILES string of the molecule is CN1CC(=O)C(CNC(=O)c2cc(-c3cn(C)c(=O)c4[nH]ccc34)cc3c2ccn3CC2CCCCC2)C2=C1CCCC2. The molecule has 8 heteroatoms. The molecule has 1 unspecified atom stereocenters. The average molecular weight is 580 g/mol. The summed E-state index contributed by atoms with van der Waals surface area (Å²) in [6.45, 7) is 1.66. The first-order chi connectivity index (χ1) is 20.9. The summed E-state index contributed by atoms with van der Waals surface area (Å²) in [5.41, 5.74) is 6.41. The molecule has 1 aromatic carbocycles. The largest absolute Gasteiger partial charge is 0.371 e. The first-order valence-corrected chi connectivity index (χ1v) is 15.9. The molecule has 4 aromatic rings. The van der Waals surface area contributed by atoms with Crippen molar-refractivity contribution in [3.63, 3.8) is 0 Å². The number of carbonyl (C=O) groups is 2. The molecule has 224 valence electrons. The molecular formula is C35H41N5O3. The van der Waals surface area contributed by atoms with Crippen LogP contribution in [0.5, 0.6) is 0 Å². The highest BCUT2D eigenvalue weighted by atomic mass is 16.2. The highest BCUT2D eigenvalue weighted by Crippen LogP contribution is 2.36. The Labute approximate surface area is 251 Å². The van der Waals surface area contributed by atoms with Crippen LogP contribution >= 0.6 is 0 Å². The number of nitrogens with one attached hydrogen (secondary N) is 2. The van der Waals surface area contributed by atoms with E-state index in [1.165, 1.54) is 43.4 Å². The lowest BCUT2D eigenvalue weighted by atomic mass is 9.81. The molecule has 1 atom stereocenters. The maximum Gasteiger partial charge on any atom is 0.274 e. The van der Waals surface area contributed by atoms with E-state index in [0.717, 1.165) is 59.6 Å². The number of hydrogen-bond acceptors (Lipinski definition) is 4. The average Bonchev–Trinajstić information content (AvgIpc) is 3.67. The Morgan fingerprint density at radius 1 is 1.00 bits per heavy atom. The number of H-pyrrole nitrogens is 1. The highest BCUT2D eigenvalue weighted by Gasteiger charge is 2.34. The normalized spacial score (nSPS) is 19.8. The van der Waals surface area contributed by atoms with Gasteiger partial charge in [0.05, 0.1) is 12.5 Å². The summed E-state index contributed by atoms with van der Waals surface area (Å²) in [6, 6.07) is 8.11. The molecular weight excluding hydrogens is 538 g/mol. The van der Waals surface area contributed by atoms with Crippen molar-refractivity contribution in [2.24, 2.45) is 18.9 Å². The zero-order chi connectivity index (χ0) is 29.7. The van der Waals surface area contributed by atoms with Gasteiger partial charge in [-0.1, -0.05) is 19.3 Å². The molecule has 8 nitrogen and oxygen atoms in total. The second-order valence-corrected chi connectivity index (χ2v) is 12.9. The lowest BCUT2D eigenvalue weighted by Gasteiger charge is -2.37. The number of rotatable bonds is 6. The summed E-state index contributed by atoms with van der Waals surface area (Å²) in [5.74, 6) is 0.392. The Kier molecular flexibility index (Phi) is 7.23. The van der Waals surface area contributed by atoms with Gasteiger partial charge in [-0.3, -0.25) is 14.4 Å². The van der Waals surface area contributed by atoms with E-state index in [0.29, 0.717) is 30.1 Å². The standard InChI is InChI=1S/C35H41N5O3/c1-38-21-32(41)28(24-10-6-7-11-30(24)38)18-37-34(42)27-16-23(29-20-39(2)35(43)33-26(29)12-14-36-33)17-31-25(27)13-15-40(31)19-22-8-4-3-5-9-22/h12-17,20,22,28,36H,3-11,18-19,21H2,1-2H3,(H,37,42). The number of fused-ring (bicyclic) bond motifs is 2. The summed E-state index contributed by atoms with van der Waals surface area (Å²) in [6.07, 6.45) is 16.3. The fraction of sp³-hybridized carbons (Fsp3) is 0.457. The van der Waals surface area contributed by atoms with Gasteiger partial charge in [-0.15, -0.1) is 0 Å². The van der Waals surface area contributed by atoms with Gasteiger partial charge in [0.2, 0.25) is 0 Å². The zero-order valence-corrected chi connectivity index (χ0v) is 25.2. The van der Waals surface area contributed by atoms with Crippen LogP contribution in [0.2, 0.25) is 0 Å². The second kappa shape index (κ2) is 11.2. The van der Waals surface area contributed by atoms with Gasteiger partial charge >= 0.3 is 0 Å². The number of aryl methyl sites for hydroxylation is 1. The van der Waals surface area contributed by atoms with Crippen LogP contribution in [0.1, 0.15) is 68.1 Å². The van der Waals surface area contributed by atoms with Crippen molar-refractivity contribution in [3.8, 4) is 11.1 Å². The number of pyridine rings is 1. The molecule has 1 fully saturated rings. The van der Waals surface area contributed by atoms with Crippen LogP contribution in [0.3, 0.4) is 0 Å². The number of carbonyl (C=O) groups excluding carboxylic acids is 2. The molecule has 2 aliphatic carbocycles. The fourth-order valence-corrected chi connectivity index (χ4v) is 7.83. The quantitative estimate of drug-likeness (QED) is 0.304. The molecule has 1 aliphatic heterocycles. The Hall–Kier alpha value is -4.07. The number of allylic oxidation sites excluding steroid dienone is 1. The van der Waals surface area contributed by atoms with Gasteiger partial charge in [-0.05, 0) is 79.8 Å². The number of nitrogens with zero attached hydrogens (tertiary/aromatic N) is 3. The number of benzene rings is 1. The maximum atomic E-state index is 14.0. The van der Waals surface area contributed by atoms with Crippen LogP contribution in [0, 0.1) is 11.8 Å². The van der Waals surface area contributed by atoms with Crippen LogP contribution in [-0.2, 0) is 18.4 Å². The number of Topliss-reactive ketones (excluding diaryl/α,β-unsaturated/α-hetero) is 1. The molecule has 7 rings (SSSR count). The van der Waals surface area contributed by atoms with Crippen LogP contribution in [0.25, 0.3) is 32.9 Å². The molecule has 4 heterocycles. The monoisotopic (exact) mass is 579 g/mol. The number of aromatic nitrogens is 3. The van der Waals surface area contributed by atoms with Gasteiger partial charge in [-0.25, -0.2) is 0 Å². The molecule has 0 saturated heterocycles. The predicted molar refractivity (Wildman–Crippen MR) is 170 cm³/mol. The molecule has 43 heavy (non-hydrogen) atoms. The van der Waals surface area contributed by atoms with E-state index >= 15 is 0 Å². The van der Waals surface area contributed by atoms with E-state index in [2.05, 4.69) is 38.1 Å². The molecule has 2 N–H and O–H groups in total. The van der Waals surface area contributed by atoms with Crippen molar-refractivity contribution < 1.29 is 9.59 Å². The number of aromatic amines is 1. The molecule has 1 saturated carbocycles. The van der Waals surface area contributed by atoms with Crippen molar-refractivity contribution in [1.29, 1.82) is 0 Å². The Morgan fingerprint density at radius 2 is 1.81 bits per heavy atom. The van der Waals surface area contributed by atoms with Gasteiger partial charge in [-0.2, -0.15) is 0 Å². The van der Waals surface area contributed by atoms with Gasteiger partial charge in [0.15, 0.2) is 5.78 Å². The van der Waals surface area contributed by atoms with Gasteiger partial charge in [0.1, 0.15) is 5.52 Å². The van der Waals surface area contributed by atoms with Crippen molar-refractivity contribution in [2.75, 3.05) is 20.1 Å². The van der Waals surface area contributed by atoms with Gasteiger partial charge in [0.25, 0.3) is 11.5 Å². The van der Waals surface area contributed by atoms with Gasteiger partial charge in [0, 0.05) is 78.9 Å². The summed E-state index contributed by atoms with van der Waals surface area (Å²) in [4.78, 5) is 45.2. The second-order valence-electron chi connectivity index (χ2n) is 12.9. The smallest absolute Gasteiger partial charge is 0.274 e. The Balaban J connectivity index is 1.28. The summed E-state index contributed by atoms with van der Waals surface area (Å²) >= 11 is 0. The predicted octanol–water partition coefficient (Wildman–Crippen LogP) is 5.76. The van der Waals surface area contributed by atoms with Crippen LogP contribution in [0.15, 0.2) is 58.9 Å². The van der Waals surface area contributed by atoms with Gasteiger partial charge < -0.3 is 24.3 Å². The van der Waals surface area contributed by atoms with E-state index in [4.69, 9.17) is 0 Å². The number of likely N-dealkylation sites (N-methyl/N-ethyl adjacent to an activating group) is 1. The van der Waals surface area contributed by atoms with Crippen molar-refractivity contribution in [3.05, 3.63) is 70.0 Å². The number of ketones is 1. The first-order valence-electron chi connectivity index (χ1n) is 15.9. The minimum absolute atomic E-state index is 0.0809. The first kappa shape index (κ1) is 27.7. The highest BCUT2D eigenvalue weighted by molar-refractivity contribution is 6.09. The Morgan fingerprint density at radius 3 is 2.65 bits per heavy atom. The van der Waals surface area contributed by atoms with E-state index in [1.807, 2.05) is 25.4 Å². The van der Waals surface area contributed by atoms with Crippen LogP contribution in [0.4, 0.5) is 0 Å². The third-order valence-corrected chi connectivity index (χ3v) is 10.1.